The van der Waals surface area contributed by atoms with Gasteiger partial charge in [-0.3, -0.25) is 10.1 Å². The average molecular weight is 405 g/mol. The van der Waals surface area contributed by atoms with E-state index in [1.807, 2.05) is 54.7 Å². The highest BCUT2D eigenvalue weighted by atomic mass is 35.5. The molecule has 0 amide bonds. The van der Waals surface area contributed by atoms with Gasteiger partial charge in [0.1, 0.15) is 5.75 Å². The van der Waals surface area contributed by atoms with Gasteiger partial charge in [0, 0.05) is 32.6 Å². The van der Waals surface area contributed by atoms with Gasteiger partial charge in [-0.25, -0.2) is 0 Å². The van der Waals surface area contributed by atoms with Crippen molar-refractivity contribution in [1.82, 2.24) is 4.98 Å². The molecule has 4 aromatic rings. The molecule has 0 saturated carbocycles. The number of hydrogen-bond donors (Lipinski definition) is 1. The van der Waals surface area contributed by atoms with E-state index in [1.54, 1.807) is 24.3 Å². The Morgan fingerprint density at radius 1 is 0.931 bits per heavy atom. The minimum absolute atomic E-state index is 0.221. The largest absolute Gasteiger partial charge is 0.478 e. The zero-order chi connectivity index (χ0) is 20.0. The number of aromatic amines is 1. The Balaban J connectivity index is 1.74. The summed E-state index contributed by atoms with van der Waals surface area (Å²) in [4.78, 5) is 15.4. The predicted octanol–water partition coefficient (Wildman–Crippen LogP) is 5.73. The molecule has 144 valence electrons. The fourth-order valence-electron chi connectivity index (χ4n) is 4.26. The number of H-pyrrole nitrogens is 1. The van der Waals surface area contributed by atoms with Crippen molar-refractivity contribution < 1.29 is 9.66 Å². The lowest BCUT2D eigenvalue weighted by atomic mass is 9.78. The number of nitrogens with zero attached hydrogens (tertiary/aromatic N) is 1. The maximum atomic E-state index is 12.3. The van der Waals surface area contributed by atoms with Gasteiger partial charge in [0.2, 0.25) is 0 Å². The second-order valence-corrected chi connectivity index (χ2v) is 7.61. The number of nitrogens with one attached hydrogen (secondary N) is 1. The molecule has 5 rings (SSSR count). The van der Waals surface area contributed by atoms with Crippen molar-refractivity contribution in [3.8, 4) is 5.75 Å². The summed E-state index contributed by atoms with van der Waals surface area (Å²) < 4.78 is 6.18. The van der Waals surface area contributed by atoms with E-state index < -0.39 is 18.1 Å². The molecule has 0 fully saturated rings. The van der Waals surface area contributed by atoms with Gasteiger partial charge < -0.3 is 9.72 Å². The van der Waals surface area contributed by atoms with Crippen molar-refractivity contribution in [3.05, 3.63) is 111 Å². The number of benzene rings is 3. The molecule has 0 radical (unpaired) electrons. The van der Waals surface area contributed by atoms with Gasteiger partial charge >= 0.3 is 0 Å². The standard InChI is InChI=1S/C23H17ClN2O3/c24-15-11-9-14(10-12-15)23-22(26(27)28)21(17-6-2-4-8-20(17)29-23)18-13-25-19-7-3-1-5-16(18)19/h1-13,21-23,25H. The second-order valence-electron chi connectivity index (χ2n) is 7.17. The van der Waals surface area contributed by atoms with E-state index in [0.29, 0.717) is 10.8 Å². The van der Waals surface area contributed by atoms with Gasteiger partial charge in [-0.2, -0.15) is 0 Å². The van der Waals surface area contributed by atoms with Gasteiger partial charge in [-0.15, -0.1) is 0 Å². The number of ether oxygens (including phenoxy) is 1. The Hall–Kier alpha value is -3.31. The SMILES string of the molecule is O=[N+]([O-])C1C(c2ccc(Cl)cc2)Oc2ccccc2C1c1c[nH]c2ccccc12. The molecule has 0 spiro atoms. The summed E-state index contributed by atoms with van der Waals surface area (Å²) in [6, 6.07) is 21.5. The number of aromatic nitrogens is 1. The minimum atomic E-state index is -0.981. The van der Waals surface area contributed by atoms with E-state index in [4.69, 9.17) is 16.3 Å². The van der Waals surface area contributed by atoms with Gasteiger partial charge in [0.15, 0.2) is 6.10 Å². The number of fused-ring (bicyclic) bond motifs is 2. The van der Waals surface area contributed by atoms with Crippen LogP contribution in [0.25, 0.3) is 10.9 Å². The smallest absolute Gasteiger partial charge is 0.264 e. The van der Waals surface area contributed by atoms with Crippen molar-refractivity contribution in [1.29, 1.82) is 0 Å². The van der Waals surface area contributed by atoms with E-state index >= 15 is 0 Å². The van der Waals surface area contributed by atoms with Crippen LogP contribution >= 0.6 is 11.6 Å². The predicted molar refractivity (Wildman–Crippen MR) is 112 cm³/mol. The van der Waals surface area contributed by atoms with Crippen LogP contribution < -0.4 is 4.74 Å². The van der Waals surface area contributed by atoms with E-state index in [9.17, 15) is 10.1 Å². The first-order valence-electron chi connectivity index (χ1n) is 9.34. The van der Waals surface area contributed by atoms with E-state index in [1.165, 1.54) is 0 Å². The molecule has 0 saturated heterocycles. The average Bonchev–Trinajstić information content (AvgIpc) is 3.16. The topological polar surface area (TPSA) is 68.2 Å². The molecule has 3 atom stereocenters. The summed E-state index contributed by atoms with van der Waals surface area (Å²) >= 11 is 6.03. The molecule has 6 heteroatoms. The summed E-state index contributed by atoms with van der Waals surface area (Å²) in [7, 11) is 0. The third-order valence-electron chi connectivity index (χ3n) is 5.56. The van der Waals surface area contributed by atoms with Crippen LogP contribution in [-0.2, 0) is 0 Å². The van der Waals surface area contributed by atoms with Gasteiger partial charge in [-0.1, -0.05) is 60.1 Å². The van der Waals surface area contributed by atoms with Gasteiger partial charge in [0.25, 0.3) is 6.04 Å². The zero-order valence-corrected chi connectivity index (χ0v) is 16.0. The van der Waals surface area contributed by atoms with Gasteiger partial charge in [-0.05, 0) is 35.4 Å². The van der Waals surface area contributed by atoms with Crippen LogP contribution in [-0.4, -0.2) is 15.9 Å². The highest BCUT2D eigenvalue weighted by molar-refractivity contribution is 6.30. The van der Waals surface area contributed by atoms with Crippen LogP contribution in [0.15, 0.2) is 79.0 Å². The van der Waals surface area contributed by atoms with Crippen molar-refractivity contribution in [3.63, 3.8) is 0 Å². The molecular weight excluding hydrogens is 388 g/mol. The number of para-hydroxylation sites is 2. The fraction of sp³-hybridized carbons (Fsp3) is 0.130. The highest BCUT2D eigenvalue weighted by Gasteiger charge is 2.48. The highest BCUT2D eigenvalue weighted by Crippen LogP contribution is 2.48. The summed E-state index contributed by atoms with van der Waals surface area (Å²) in [5.74, 6) is 0.215. The van der Waals surface area contributed by atoms with Crippen LogP contribution in [0.3, 0.4) is 0 Å². The maximum absolute atomic E-state index is 12.3. The van der Waals surface area contributed by atoms with Crippen molar-refractivity contribution in [2.75, 3.05) is 0 Å². The normalized spacial score (nSPS) is 20.8. The third kappa shape index (κ3) is 2.95. The fourth-order valence-corrected chi connectivity index (χ4v) is 4.39. The van der Waals surface area contributed by atoms with Gasteiger partial charge in [0.05, 0.1) is 5.92 Å². The Morgan fingerprint density at radius 3 is 2.45 bits per heavy atom. The Bertz CT molecular complexity index is 1200. The lowest BCUT2D eigenvalue weighted by Crippen LogP contribution is -2.40. The second kappa shape index (κ2) is 6.94. The monoisotopic (exact) mass is 404 g/mol. The van der Waals surface area contributed by atoms with Crippen LogP contribution in [0, 0.1) is 10.1 Å². The van der Waals surface area contributed by atoms with Crippen molar-refractivity contribution in [2.24, 2.45) is 0 Å². The Kier molecular flexibility index (Phi) is 4.25. The summed E-state index contributed by atoms with van der Waals surface area (Å²) in [6.07, 6.45) is 1.16. The third-order valence-corrected chi connectivity index (χ3v) is 5.81. The summed E-state index contributed by atoms with van der Waals surface area (Å²) in [5.41, 5.74) is 3.41. The molecule has 5 nitrogen and oxygen atoms in total. The molecule has 1 aliphatic heterocycles. The van der Waals surface area contributed by atoms with Crippen LogP contribution in [0.4, 0.5) is 0 Å². The summed E-state index contributed by atoms with van der Waals surface area (Å²) in [6.45, 7) is 0. The van der Waals surface area contributed by atoms with Crippen LogP contribution in [0.1, 0.15) is 28.7 Å². The minimum Gasteiger partial charge on any atom is -0.478 e. The molecule has 1 N–H and O–H groups in total. The number of nitro groups is 1. The molecule has 29 heavy (non-hydrogen) atoms. The molecular formula is C23H17ClN2O3. The lowest BCUT2D eigenvalue weighted by molar-refractivity contribution is -0.538. The molecule has 3 aromatic carbocycles. The van der Waals surface area contributed by atoms with Crippen molar-refractivity contribution >= 4 is 22.5 Å². The number of hydrogen-bond acceptors (Lipinski definition) is 3. The molecule has 1 aliphatic rings. The first-order valence-corrected chi connectivity index (χ1v) is 9.72. The van der Waals surface area contributed by atoms with E-state index in [0.717, 1.165) is 27.6 Å². The first-order chi connectivity index (χ1) is 14.1. The lowest BCUT2D eigenvalue weighted by Gasteiger charge is -2.34. The quantitative estimate of drug-likeness (QED) is 0.350. The zero-order valence-electron chi connectivity index (χ0n) is 15.3. The van der Waals surface area contributed by atoms with E-state index in [-0.39, 0.29) is 4.92 Å². The molecule has 2 heterocycles. The molecule has 0 bridgehead atoms. The van der Waals surface area contributed by atoms with E-state index in [2.05, 4.69) is 4.98 Å². The molecule has 3 unspecified atom stereocenters. The Labute approximate surface area is 172 Å². The van der Waals surface area contributed by atoms with Crippen molar-refractivity contribution in [2.45, 2.75) is 18.1 Å². The molecule has 0 aliphatic carbocycles. The Morgan fingerprint density at radius 2 is 1.66 bits per heavy atom. The van der Waals surface area contributed by atoms with Crippen LogP contribution in [0.2, 0.25) is 5.02 Å². The maximum Gasteiger partial charge on any atom is 0.264 e. The van der Waals surface area contributed by atoms with Crippen LogP contribution in [0.5, 0.6) is 5.75 Å². The summed E-state index contributed by atoms with van der Waals surface area (Å²) in [5, 5.41) is 13.9. The number of rotatable bonds is 3. The number of halogens is 1. The first kappa shape index (κ1) is 17.8. The molecule has 1 aromatic heterocycles.